The number of nitrogens with one attached hydrogen (secondary N) is 2. The third-order valence-corrected chi connectivity index (χ3v) is 3.50. The summed E-state index contributed by atoms with van der Waals surface area (Å²) in [6, 6.07) is 7.23. The lowest BCUT2D eigenvalue weighted by molar-refractivity contribution is -0.128. The maximum absolute atomic E-state index is 12.0. The minimum absolute atomic E-state index is 0.0581. The smallest absolute Gasteiger partial charge is 0.251 e. The van der Waals surface area contributed by atoms with Gasteiger partial charge in [-0.2, -0.15) is 0 Å². The molecule has 0 saturated carbocycles. The number of hydrogen-bond donors (Lipinski definition) is 2. The molecular formula is C17H27N3O2. The van der Waals surface area contributed by atoms with E-state index in [1.54, 1.807) is 17.0 Å². The first-order valence-electron chi connectivity index (χ1n) is 8.02. The van der Waals surface area contributed by atoms with Crippen molar-refractivity contribution in [3.63, 3.8) is 0 Å². The Hall–Kier alpha value is -2.04. The number of amides is 2. The Balaban J connectivity index is 2.57. The van der Waals surface area contributed by atoms with Gasteiger partial charge < -0.3 is 15.5 Å². The molecule has 1 aromatic rings. The van der Waals surface area contributed by atoms with Crippen molar-refractivity contribution >= 4 is 17.5 Å². The van der Waals surface area contributed by atoms with Gasteiger partial charge in [-0.15, -0.1) is 0 Å². The second-order valence-corrected chi connectivity index (χ2v) is 5.11. The topological polar surface area (TPSA) is 61.4 Å². The van der Waals surface area contributed by atoms with E-state index in [0.29, 0.717) is 25.2 Å². The summed E-state index contributed by atoms with van der Waals surface area (Å²) in [6.07, 6.45) is 2.03. The van der Waals surface area contributed by atoms with E-state index in [4.69, 9.17) is 0 Å². The predicted octanol–water partition coefficient (Wildman–Crippen LogP) is 2.50. The summed E-state index contributed by atoms with van der Waals surface area (Å²) in [4.78, 5) is 25.7. The molecule has 0 heterocycles. The zero-order valence-corrected chi connectivity index (χ0v) is 13.8. The third-order valence-electron chi connectivity index (χ3n) is 3.50. The molecule has 0 unspecified atom stereocenters. The molecule has 22 heavy (non-hydrogen) atoms. The van der Waals surface area contributed by atoms with E-state index in [2.05, 4.69) is 17.6 Å². The van der Waals surface area contributed by atoms with E-state index in [9.17, 15) is 9.59 Å². The van der Waals surface area contributed by atoms with Gasteiger partial charge in [0, 0.05) is 30.9 Å². The molecule has 0 aliphatic heterocycles. The Morgan fingerprint density at radius 1 is 1.14 bits per heavy atom. The number of likely N-dealkylation sites (N-methyl/N-ethyl adjacent to an activating group) is 1. The number of unbranched alkanes of at least 4 members (excludes halogenated alkanes) is 1. The van der Waals surface area contributed by atoms with Crippen molar-refractivity contribution in [2.45, 2.75) is 33.6 Å². The Kier molecular flexibility index (Phi) is 8.04. The van der Waals surface area contributed by atoms with E-state index in [-0.39, 0.29) is 18.4 Å². The maximum Gasteiger partial charge on any atom is 0.251 e. The van der Waals surface area contributed by atoms with Crippen molar-refractivity contribution in [1.29, 1.82) is 0 Å². The van der Waals surface area contributed by atoms with Crippen molar-refractivity contribution in [3.8, 4) is 0 Å². The molecular weight excluding hydrogens is 278 g/mol. The fourth-order valence-electron chi connectivity index (χ4n) is 2.12. The Bertz CT molecular complexity index is 485. The summed E-state index contributed by atoms with van der Waals surface area (Å²) in [5.74, 6) is -0.0185. The van der Waals surface area contributed by atoms with Crippen LogP contribution in [0.3, 0.4) is 0 Å². The molecule has 2 N–H and O–H groups in total. The lowest BCUT2D eigenvalue weighted by Gasteiger charge is -2.19. The van der Waals surface area contributed by atoms with Crippen LogP contribution in [0.15, 0.2) is 24.3 Å². The molecule has 122 valence electrons. The van der Waals surface area contributed by atoms with Crippen LogP contribution in [0, 0.1) is 0 Å². The minimum Gasteiger partial charge on any atom is -0.376 e. The van der Waals surface area contributed by atoms with Gasteiger partial charge in [0.1, 0.15) is 0 Å². The quantitative estimate of drug-likeness (QED) is 0.689. The second kappa shape index (κ2) is 9.82. The van der Waals surface area contributed by atoms with Crippen molar-refractivity contribution in [1.82, 2.24) is 10.2 Å². The number of benzene rings is 1. The highest BCUT2D eigenvalue weighted by Crippen LogP contribution is 2.10. The molecule has 2 amide bonds. The maximum atomic E-state index is 12.0. The second-order valence-electron chi connectivity index (χ2n) is 5.11. The predicted molar refractivity (Wildman–Crippen MR) is 90.1 cm³/mol. The van der Waals surface area contributed by atoms with Gasteiger partial charge in [0.25, 0.3) is 5.91 Å². The third kappa shape index (κ3) is 5.76. The summed E-state index contributed by atoms with van der Waals surface area (Å²) in [7, 11) is 0. The molecule has 0 radical (unpaired) electrons. The first-order chi connectivity index (χ1) is 10.6. The molecule has 0 aromatic heterocycles. The van der Waals surface area contributed by atoms with Crippen LogP contribution in [-0.4, -0.2) is 42.9 Å². The van der Waals surface area contributed by atoms with Gasteiger partial charge in [-0.05, 0) is 38.5 Å². The van der Waals surface area contributed by atoms with Gasteiger partial charge in [-0.3, -0.25) is 9.59 Å². The van der Waals surface area contributed by atoms with Gasteiger partial charge in [-0.1, -0.05) is 19.4 Å². The van der Waals surface area contributed by atoms with E-state index in [1.165, 1.54) is 0 Å². The van der Waals surface area contributed by atoms with E-state index in [1.807, 2.05) is 26.0 Å². The molecule has 0 fully saturated rings. The molecule has 1 rings (SSSR count). The van der Waals surface area contributed by atoms with Gasteiger partial charge in [0.05, 0.1) is 6.54 Å². The molecule has 0 saturated heterocycles. The average molecular weight is 305 g/mol. The molecule has 5 heteroatoms. The molecule has 5 nitrogen and oxygen atoms in total. The number of nitrogens with zero attached hydrogens (tertiary/aromatic N) is 1. The SMILES string of the molecule is CCCCNC(=O)c1cccc(NCC(=O)N(CC)CC)c1. The highest BCUT2D eigenvalue weighted by Gasteiger charge is 2.10. The summed E-state index contributed by atoms with van der Waals surface area (Å²) in [5.41, 5.74) is 1.39. The van der Waals surface area contributed by atoms with E-state index in [0.717, 1.165) is 18.5 Å². The monoisotopic (exact) mass is 305 g/mol. The minimum atomic E-state index is -0.0767. The van der Waals surface area contributed by atoms with Crippen molar-refractivity contribution in [3.05, 3.63) is 29.8 Å². The first-order valence-corrected chi connectivity index (χ1v) is 8.02. The lowest BCUT2D eigenvalue weighted by atomic mass is 10.2. The van der Waals surface area contributed by atoms with Gasteiger partial charge >= 0.3 is 0 Å². The van der Waals surface area contributed by atoms with Crippen molar-refractivity contribution in [2.75, 3.05) is 31.5 Å². The number of carbonyl (C=O) groups is 2. The zero-order chi connectivity index (χ0) is 16.4. The highest BCUT2D eigenvalue weighted by atomic mass is 16.2. The highest BCUT2D eigenvalue weighted by molar-refractivity contribution is 5.95. The summed E-state index contributed by atoms with van der Waals surface area (Å²) < 4.78 is 0. The van der Waals surface area contributed by atoms with Crippen LogP contribution in [0.5, 0.6) is 0 Å². The van der Waals surface area contributed by atoms with Crippen LogP contribution in [-0.2, 0) is 4.79 Å². The normalized spacial score (nSPS) is 10.1. The molecule has 0 aliphatic carbocycles. The van der Waals surface area contributed by atoms with E-state index < -0.39 is 0 Å². The average Bonchev–Trinajstić information content (AvgIpc) is 2.54. The number of hydrogen-bond acceptors (Lipinski definition) is 3. The van der Waals surface area contributed by atoms with Crippen LogP contribution in [0.25, 0.3) is 0 Å². The van der Waals surface area contributed by atoms with Crippen LogP contribution in [0.1, 0.15) is 44.0 Å². The molecule has 1 aromatic carbocycles. The van der Waals surface area contributed by atoms with Crippen LogP contribution >= 0.6 is 0 Å². The van der Waals surface area contributed by atoms with E-state index >= 15 is 0 Å². The van der Waals surface area contributed by atoms with Crippen LogP contribution in [0.2, 0.25) is 0 Å². The fourth-order valence-corrected chi connectivity index (χ4v) is 2.12. The number of anilines is 1. The zero-order valence-electron chi connectivity index (χ0n) is 13.8. The Morgan fingerprint density at radius 2 is 1.86 bits per heavy atom. The van der Waals surface area contributed by atoms with Gasteiger partial charge in [-0.25, -0.2) is 0 Å². The Morgan fingerprint density at radius 3 is 2.50 bits per heavy atom. The summed E-state index contributed by atoms with van der Waals surface area (Å²) in [5, 5.41) is 5.97. The van der Waals surface area contributed by atoms with Crippen LogP contribution in [0.4, 0.5) is 5.69 Å². The largest absolute Gasteiger partial charge is 0.376 e. The molecule has 0 aliphatic rings. The lowest BCUT2D eigenvalue weighted by Crippen LogP contribution is -2.35. The van der Waals surface area contributed by atoms with Crippen molar-refractivity contribution in [2.24, 2.45) is 0 Å². The summed E-state index contributed by atoms with van der Waals surface area (Å²) >= 11 is 0. The van der Waals surface area contributed by atoms with Crippen LogP contribution < -0.4 is 10.6 Å². The molecule has 0 atom stereocenters. The van der Waals surface area contributed by atoms with Gasteiger partial charge in [0.15, 0.2) is 0 Å². The Labute approximate surface area is 133 Å². The standard InChI is InChI=1S/C17H27N3O2/c1-4-7-11-18-17(22)14-9-8-10-15(12-14)19-13-16(21)20(5-2)6-3/h8-10,12,19H,4-7,11,13H2,1-3H3,(H,18,22). The van der Waals surface area contributed by atoms with Gasteiger partial charge in [0.2, 0.25) is 5.91 Å². The number of carbonyl (C=O) groups excluding carboxylic acids is 2. The molecule has 0 bridgehead atoms. The van der Waals surface area contributed by atoms with Crippen molar-refractivity contribution < 1.29 is 9.59 Å². The number of rotatable bonds is 9. The summed E-state index contributed by atoms with van der Waals surface area (Å²) in [6.45, 7) is 8.35. The molecule has 0 spiro atoms. The first kappa shape index (κ1) is 18.0. The fraction of sp³-hybridized carbons (Fsp3) is 0.529.